The summed E-state index contributed by atoms with van der Waals surface area (Å²) >= 11 is 0.809. The minimum absolute atomic E-state index is 0.0437. The van der Waals surface area contributed by atoms with E-state index in [2.05, 4.69) is 15.5 Å². The second-order valence-electron chi connectivity index (χ2n) is 4.48. The molecule has 8 nitrogen and oxygen atoms in total. The number of anilines is 1. The van der Waals surface area contributed by atoms with Crippen molar-refractivity contribution < 1.29 is 18.3 Å². The molecule has 1 aromatic rings. The number of aliphatic hydroxyl groups excluding tert-OH is 1. The molecule has 1 aliphatic carbocycles. The molecule has 1 fully saturated rings. The molecular formula is C10H16N4O4S2. The Morgan fingerprint density at radius 3 is 2.70 bits per heavy atom. The fraction of sp³-hybridized carbons (Fsp3) is 0.700. The fourth-order valence-corrected chi connectivity index (χ4v) is 4.63. The topological polar surface area (TPSA) is 112 Å². The molecule has 10 heteroatoms. The molecule has 0 spiro atoms. The third-order valence-corrected chi connectivity index (χ3v) is 6.16. The first kappa shape index (κ1) is 15.3. The molecule has 112 valence electrons. The monoisotopic (exact) mass is 320 g/mol. The maximum Gasteiger partial charge on any atom is 0.272 e. The Labute approximate surface area is 120 Å². The van der Waals surface area contributed by atoms with Gasteiger partial charge in [0.1, 0.15) is 0 Å². The smallest absolute Gasteiger partial charge is 0.272 e. The lowest BCUT2D eigenvalue weighted by molar-refractivity contribution is -0.114. The van der Waals surface area contributed by atoms with Crippen LogP contribution in [0.3, 0.4) is 0 Å². The van der Waals surface area contributed by atoms with Gasteiger partial charge in [-0.2, -0.15) is 4.31 Å². The van der Waals surface area contributed by atoms with Gasteiger partial charge in [-0.3, -0.25) is 4.79 Å². The van der Waals surface area contributed by atoms with E-state index in [-0.39, 0.29) is 34.6 Å². The van der Waals surface area contributed by atoms with Gasteiger partial charge in [0.15, 0.2) is 0 Å². The molecule has 20 heavy (non-hydrogen) atoms. The number of aromatic nitrogens is 2. The number of carbonyl (C=O) groups is 1. The number of rotatable bonds is 6. The molecule has 1 heterocycles. The number of aliphatic hydroxyl groups is 1. The number of nitrogens with zero attached hydrogens (tertiary/aromatic N) is 3. The van der Waals surface area contributed by atoms with Crippen LogP contribution in [0.25, 0.3) is 0 Å². The quantitative estimate of drug-likeness (QED) is 0.715. The van der Waals surface area contributed by atoms with Gasteiger partial charge in [-0.1, -0.05) is 17.8 Å². The molecule has 1 aliphatic rings. The van der Waals surface area contributed by atoms with Crippen LogP contribution in [-0.4, -0.2) is 53.1 Å². The summed E-state index contributed by atoms with van der Waals surface area (Å²) in [6.07, 6.45) is 2.56. The Hall–Kier alpha value is -1.10. The maximum absolute atomic E-state index is 12.5. The molecule has 0 bridgehead atoms. The highest BCUT2D eigenvalue weighted by Crippen LogP contribution is 2.31. The van der Waals surface area contributed by atoms with Crippen LogP contribution < -0.4 is 5.32 Å². The van der Waals surface area contributed by atoms with E-state index in [1.165, 1.54) is 11.2 Å². The third kappa shape index (κ3) is 3.14. The van der Waals surface area contributed by atoms with Crippen molar-refractivity contribution in [2.45, 2.75) is 36.6 Å². The van der Waals surface area contributed by atoms with Crippen LogP contribution in [-0.2, 0) is 14.8 Å². The molecule has 1 amide bonds. The van der Waals surface area contributed by atoms with E-state index in [1.807, 2.05) is 0 Å². The summed E-state index contributed by atoms with van der Waals surface area (Å²) in [5.74, 6) is -0.337. The van der Waals surface area contributed by atoms with Gasteiger partial charge in [0.05, 0.1) is 6.61 Å². The summed E-state index contributed by atoms with van der Waals surface area (Å²) in [5, 5.41) is 18.9. The summed E-state index contributed by atoms with van der Waals surface area (Å²) in [6.45, 7) is 1.11. The second kappa shape index (κ2) is 6.12. The van der Waals surface area contributed by atoms with Crippen molar-refractivity contribution in [2.75, 3.05) is 18.5 Å². The van der Waals surface area contributed by atoms with Gasteiger partial charge in [0.2, 0.25) is 15.4 Å². The van der Waals surface area contributed by atoms with Crippen LogP contribution in [0, 0.1) is 0 Å². The van der Waals surface area contributed by atoms with Gasteiger partial charge >= 0.3 is 0 Å². The van der Waals surface area contributed by atoms with Gasteiger partial charge in [0.25, 0.3) is 10.0 Å². The van der Waals surface area contributed by atoms with E-state index in [1.54, 1.807) is 0 Å². The average molecular weight is 320 g/mol. The minimum atomic E-state index is -3.77. The van der Waals surface area contributed by atoms with E-state index < -0.39 is 10.0 Å². The normalized spacial score (nSPS) is 16.1. The zero-order chi connectivity index (χ0) is 14.8. The summed E-state index contributed by atoms with van der Waals surface area (Å²) in [6, 6.07) is -0.0831. The summed E-state index contributed by atoms with van der Waals surface area (Å²) in [5.41, 5.74) is 0. The Morgan fingerprint density at radius 1 is 1.50 bits per heavy atom. The molecule has 0 aliphatic heterocycles. The second-order valence-corrected chi connectivity index (χ2v) is 7.52. The lowest BCUT2D eigenvalue weighted by Crippen LogP contribution is -2.45. The molecular weight excluding hydrogens is 304 g/mol. The molecule has 2 rings (SSSR count). The van der Waals surface area contributed by atoms with Crippen LogP contribution in [0.1, 0.15) is 26.2 Å². The molecule has 1 saturated carbocycles. The number of nitrogens with one attached hydrogen (secondary N) is 1. The first-order valence-electron chi connectivity index (χ1n) is 6.19. The number of hydrogen-bond donors (Lipinski definition) is 2. The van der Waals surface area contributed by atoms with Crippen molar-refractivity contribution >= 4 is 32.4 Å². The zero-order valence-electron chi connectivity index (χ0n) is 10.9. The highest BCUT2D eigenvalue weighted by atomic mass is 32.2. The van der Waals surface area contributed by atoms with Crippen molar-refractivity contribution in [3.05, 3.63) is 0 Å². The van der Waals surface area contributed by atoms with Crippen molar-refractivity contribution in [3.63, 3.8) is 0 Å². The summed E-state index contributed by atoms with van der Waals surface area (Å²) in [7, 11) is -3.77. The van der Waals surface area contributed by atoms with E-state index in [9.17, 15) is 13.2 Å². The maximum atomic E-state index is 12.5. The predicted molar refractivity (Wildman–Crippen MR) is 72.8 cm³/mol. The average Bonchev–Trinajstić information content (AvgIpc) is 2.74. The van der Waals surface area contributed by atoms with Gasteiger partial charge in [-0.15, -0.1) is 10.2 Å². The van der Waals surface area contributed by atoms with Crippen LogP contribution in [0.15, 0.2) is 4.34 Å². The number of carbonyl (C=O) groups excluding carboxylic acids is 1. The lowest BCUT2D eigenvalue weighted by Gasteiger charge is -2.35. The van der Waals surface area contributed by atoms with E-state index in [4.69, 9.17) is 5.11 Å². The number of amides is 1. The van der Waals surface area contributed by atoms with E-state index in [0.29, 0.717) is 0 Å². The van der Waals surface area contributed by atoms with Crippen molar-refractivity contribution in [3.8, 4) is 0 Å². The highest BCUT2D eigenvalue weighted by molar-refractivity contribution is 7.91. The van der Waals surface area contributed by atoms with E-state index >= 15 is 0 Å². The highest BCUT2D eigenvalue weighted by Gasteiger charge is 2.36. The Morgan fingerprint density at radius 2 is 2.20 bits per heavy atom. The standard InChI is InChI=1S/C10H16N4O4S2/c1-7(16)11-9-12-13-10(19-9)20(17,18)14(5-6-15)8-3-2-4-8/h8,15H,2-6H2,1H3,(H,11,12,16). The van der Waals surface area contributed by atoms with Crippen LogP contribution in [0.5, 0.6) is 0 Å². The lowest BCUT2D eigenvalue weighted by atomic mass is 9.93. The largest absolute Gasteiger partial charge is 0.395 e. The fourth-order valence-electron chi connectivity index (χ4n) is 1.89. The number of sulfonamides is 1. The Bertz CT molecular complexity index is 582. The number of hydrogen-bond acceptors (Lipinski definition) is 7. The summed E-state index contributed by atoms with van der Waals surface area (Å²) in [4.78, 5) is 10.9. The molecule has 0 atom stereocenters. The van der Waals surface area contributed by atoms with Crippen LogP contribution in [0.4, 0.5) is 5.13 Å². The predicted octanol–water partition coefficient (Wildman–Crippen LogP) is 0.0320. The minimum Gasteiger partial charge on any atom is -0.395 e. The third-order valence-electron chi connectivity index (χ3n) is 3.02. The van der Waals surface area contributed by atoms with Crippen LogP contribution in [0.2, 0.25) is 0 Å². The molecule has 0 radical (unpaired) electrons. The SMILES string of the molecule is CC(=O)Nc1nnc(S(=O)(=O)N(CCO)C2CCC2)s1. The Kier molecular flexibility index (Phi) is 4.68. The first-order chi connectivity index (χ1) is 9.45. The van der Waals surface area contributed by atoms with Crippen molar-refractivity contribution in [1.82, 2.24) is 14.5 Å². The molecule has 0 aromatic carbocycles. The molecule has 0 unspecified atom stereocenters. The molecule has 2 N–H and O–H groups in total. The van der Waals surface area contributed by atoms with Gasteiger partial charge in [-0.05, 0) is 12.8 Å². The van der Waals surface area contributed by atoms with Gasteiger partial charge in [0, 0.05) is 19.5 Å². The van der Waals surface area contributed by atoms with Gasteiger partial charge in [-0.25, -0.2) is 8.42 Å². The zero-order valence-corrected chi connectivity index (χ0v) is 12.6. The molecule has 0 saturated heterocycles. The van der Waals surface area contributed by atoms with E-state index in [0.717, 1.165) is 30.6 Å². The van der Waals surface area contributed by atoms with Gasteiger partial charge < -0.3 is 10.4 Å². The molecule has 1 aromatic heterocycles. The Balaban J connectivity index is 2.22. The first-order valence-corrected chi connectivity index (χ1v) is 8.44. The van der Waals surface area contributed by atoms with Crippen molar-refractivity contribution in [1.29, 1.82) is 0 Å². The van der Waals surface area contributed by atoms with Crippen LogP contribution >= 0.6 is 11.3 Å². The van der Waals surface area contributed by atoms with Crippen molar-refractivity contribution in [2.24, 2.45) is 0 Å². The summed E-state index contributed by atoms with van der Waals surface area (Å²) < 4.78 is 26.0.